The molecule has 0 aromatic rings. The summed E-state index contributed by atoms with van der Waals surface area (Å²) in [5.74, 6) is 0.822. The fourth-order valence-corrected chi connectivity index (χ4v) is 18.4. The maximum Gasteiger partial charge on any atom is 0.250 e. The van der Waals surface area contributed by atoms with Crippen LogP contribution < -0.4 is 0 Å². The first-order valence-electron chi connectivity index (χ1n) is 34.2. The summed E-state index contributed by atoms with van der Waals surface area (Å²) in [4.78, 5) is 29.7. The van der Waals surface area contributed by atoms with E-state index in [-0.39, 0.29) is 111 Å². The molecule has 8 bridgehead atoms. The van der Waals surface area contributed by atoms with Crippen LogP contribution in [0, 0.1) is 11.8 Å². The van der Waals surface area contributed by atoms with Gasteiger partial charge in [-0.25, -0.2) is 0 Å². The normalized spacial score (nSPS) is 33.4. The van der Waals surface area contributed by atoms with Crippen molar-refractivity contribution in [3.8, 4) is 0 Å². The third kappa shape index (κ3) is 18.5. The molecule has 0 aromatic carbocycles. The maximum atomic E-state index is 15.4. The van der Waals surface area contributed by atoms with Gasteiger partial charge in [-0.05, 0) is 159 Å². The van der Waals surface area contributed by atoms with Gasteiger partial charge in [0, 0.05) is 51.6 Å². The summed E-state index contributed by atoms with van der Waals surface area (Å²) < 4.78 is 80.2. The number of hydrogen-bond donors (Lipinski definition) is 0. The van der Waals surface area contributed by atoms with Crippen molar-refractivity contribution in [1.29, 1.82) is 0 Å². The quantitative estimate of drug-likeness (QED) is 0.121. The fraction of sp³-hybridized carbons (Fsp3) is 0.886. The van der Waals surface area contributed by atoms with Crippen LogP contribution in [0.4, 0.5) is 0 Å². The number of methoxy groups -OCH3 is 1. The van der Waals surface area contributed by atoms with Crippen molar-refractivity contribution in [3.05, 3.63) is 36.1 Å². The number of carbonyl (C=O) groups is 2. The van der Waals surface area contributed by atoms with Gasteiger partial charge in [0.05, 0.1) is 67.6 Å². The van der Waals surface area contributed by atoms with Gasteiger partial charge < -0.3 is 50.6 Å². The highest BCUT2D eigenvalue weighted by Crippen LogP contribution is 2.50. The van der Waals surface area contributed by atoms with Crippen molar-refractivity contribution in [2.75, 3.05) is 13.7 Å². The first kappa shape index (κ1) is 76.1. The molecular weight excluding hydrogens is 1190 g/mol. The molecule has 508 valence electrons. The third-order valence-electron chi connectivity index (χ3n) is 23.5. The first-order valence-corrected chi connectivity index (χ1v) is 48.8. The largest absolute Gasteiger partial charge is 0.545 e. The van der Waals surface area contributed by atoms with Gasteiger partial charge in [0.25, 0.3) is 0 Å². The van der Waals surface area contributed by atoms with E-state index in [2.05, 4.69) is 189 Å². The van der Waals surface area contributed by atoms with Gasteiger partial charge in [0.15, 0.2) is 33.3 Å². The molecule has 8 rings (SSSR count). The highest BCUT2D eigenvalue weighted by atomic mass is 28.4. The molecule has 5 saturated heterocycles. The zero-order chi connectivity index (χ0) is 66.5. The second-order valence-electron chi connectivity index (χ2n) is 35.5. The average molecular weight is 1320 g/mol. The number of Topliss-reactive ketones (excluding diaryl/α,β-unsaturated/α-hetero) is 2. The Hall–Kier alpha value is -0.956. The molecule has 8 aliphatic rings. The molecule has 0 N–H and O–H groups in total. The van der Waals surface area contributed by atoms with Gasteiger partial charge in [-0.3, -0.25) is 9.59 Å². The van der Waals surface area contributed by atoms with Crippen LogP contribution in [-0.2, 0) is 60.1 Å². The molecule has 3 unspecified atom stereocenters. The summed E-state index contributed by atoms with van der Waals surface area (Å²) in [5, 5.41) is -0.491. The predicted molar refractivity (Wildman–Crippen MR) is 371 cm³/mol. The lowest BCUT2D eigenvalue weighted by atomic mass is 9.81. The monoisotopic (exact) mass is 1320 g/mol. The van der Waals surface area contributed by atoms with E-state index in [0.717, 1.165) is 36.8 Å². The zero-order valence-corrected chi connectivity index (χ0v) is 65.9. The lowest BCUT2D eigenvalue weighted by Crippen LogP contribution is -2.67. The van der Waals surface area contributed by atoms with E-state index < -0.39 is 84.3 Å². The molecule has 13 nitrogen and oxygen atoms in total. The van der Waals surface area contributed by atoms with Crippen LogP contribution in [0.2, 0.25) is 90.7 Å². The van der Waals surface area contributed by atoms with E-state index in [0.29, 0.717) is 50.9 Å². The summed E-state index contributed by atoms with van der Waals surface area (Å²) in [5.41, 5.74) is 2.14. The van der Waals surface area contributed by atoms with E-state index in [4.69, 9.17) is 50.6 Å². The molecule has 0 spiro atoms. The number of fused-ring (bicyclic) bond motifs is 2. The van der Waals surface area contributed by atoms with Gasteiger partial charge in [-0.1, -0.05) is 124 Å². The number of carbonyl (C=O) groups excluding carboxylic acids is 2. The van der Waals surface area contributed by atoms with Crippen LogP contribution in [0.3, 0.4) is 0 Å². The molecule has 18 heteroatoms. The number of ketones is 2. The van der Waals surface area contributed by atoms with Crippen molar-refractivity contribution in [3.63, 3.8) is 0 Å². The minimum Gasteiger partial charge on any atom is -0.545 e. The van der Waals surface area contributed by atoms with E-state index in [1.165, 1.54) is 0 Å². The van der Waals surface area contributed by atoms with Crippen molar-refractivity contribution in [2.45, 2.75) is 370 Å². The Bertz CT molecular complexity index is 2420. The lowest BCUT2D eigenvalue weighted by Gasteiger charge is -2.55. The first-order chi connectivity index (χ1) is 40.0. The predicted octanol–water partition coefficient (Wildman–Crippen LogP) is 17.5. The molecule has 5 fully saturated rings. The second-order valence-corrected chi connectivity index (χ2v) is 59.3. The van der Waals surface area contributed by atoms with Gasteiger partial charge in [0.1, 0.15) is 41.7 Å². The van der Waals surface area contributed by atoms with E-state index in [1.807, 2.05) is 6.08 Å². The van der Waals surface area contributed by atoms with Crippen LogP contribution in [-0.4, -0.2) is 152 Å². The van der Waals surface area contributed by atoms with Crippen LogP contribution in [0.5, 0.6) is 0 Å². The van der Waals surface area contributed by atoms with Crippen molar-refractivity contribution in [2.24, 2.45) is 11.8 Å². The minimum absolute atomic E-state index is 0.0185. The fourth-order valence-electron chi connectivity index (χ4n) is 12.4. The Morgan fingerprint density at radius 1 is 0.557 bits per heavy atom. The molecule has 8 heterocycles. The molecule has 16 atom stereocenters. The Kier molecular flexibility index (Phi) is 24.5. The minimum atomic E-state index is -2.61. The summed E-state index contributed by atoms with van der Waals surface area (Å²) >= 11 is 0. The Balaban J connectivity index is 1.45. The van der Waals surface area contributed by atoms with Crippen molar-refractivity contribution in [1.82, 2.24) is 0 Å². The van der Waals surface area contributed by atoms with E-state index in [9.17, 15) is 4.79 Å². The summed E-state index contributed by atoms with van der Waals surface area (Å²) in [6.45, 7) is 68.9. The highest BCUT2D eigenvalue weighted by Gasteiger charge is 2.58. The van der Waals surface area contributed by atoms with E-state index in [1.54, 1.807) is 7.11 Å². The van der Waals surface area contributed by atoms with Crippen LogP contribution in [0.25, 0.3) is 0 Å². The average Bonchev–Trinajstić information content (AvgIpc) is 0.954. The number of rotatable bonds is 14. The summed E-state index contributed by atoms with van der Waals surface area (Å²) in [7, 11) is -10.4. The third-order valence-corrected chi connectivity index (χ3v) is 45.8. The lowest BCUT2D eigenvalue weighted by molar-refractivity contribution is -0.253. The Morgan fingerprint density at radius 2 is 1.10 bits per heavy atom. The molecule has 0 aliphatic carbocycles. The molecule has 0 saturated carbocycles. The summed E-state index contributed by atoms with van der Waals surface area (Å²) in [6.07, 6.45) is 4.08. The number of ether oxygens (including phenoxy) is 6. The van der Waals surface area contributed by atoms with Crippen LogP contribution >= 0.6 is 0 Å². The van der Waals surface area contributed by atoms with E-state index >= 15 is 4.79 Å². The molecule has 0 radical (unpaired) electrons. The van der Waals surface area contributed by atoms with Crippen molar-refractivity contribution < 1.29 is 60.1 Å². The van der Waals surface area contributed by atoms with Gasteiger partial charge in [-0.2, -0.15) is 0 Å². The van der Waals surface area contributed by atoms with Gasteiger partial charge in [0.2, 0.25) is 8.32 Å². The summed E-state index contributed by atoms with van der Waals surface area (Å²) in [6, 6.07) is 0. The Morgan fingerprint density at radius 3 is 1.67 bits per heavy atom. The standard InChI is InChI=1S/C70H130O13Si5/c1-45-38-51-33-36-55-46(2)39-50(75-55)32-30-48(71)31-35-57(81-86(24,25)68(10,11)12)63-65(83-88(28,29)70(16,17)18)64(82-87(26,27)69(13,14)15)62-56(79-63)37-34-52(77-62)40-49(72)41-54-59(43-58(76-51)47(45)3)78-60(61(54)73-19)42-53(80-85(22,23)67(7,8)9)44-74-84(20,21)66(4,5)6/h35,45,50-56,58-65H,2-3,30-34,36-44H2,1,4-29H3/t45-,50+,51+,52?,53+,54+,55?,56+,58?,59+,60-,61-,62+,63+,64+,65-/m1/s1. The molecule has 88 heavy (non-hydrogen) atoms. The van der Waals surface area contributed by atoms with Crippen molar-refractivity contribution >= 4 is 53.2 Å². The SMILES string of the molecule is C=C1C[C@@H]2CCC(=O)CC=C(O[Si](C)(C)C(C)(C)C)[C@@H]3O[C@H]4CCC(CC(=O)C[C@@H]5[C@@H](OC)[C@@H](C[C@@H](CO[Si](C)(C)C(C)(C)C)O[Si](C)(C)C(C)(C)C)O[C@H]5CC5O[C@@H](CCC1O2)C[C@@H](C)C5=C)O[C@@H]4[C@H](O[Si](C)(C)C(C)(C)C)[C@@H]3O[Si](C)(C)C(C)(C)C. The smallest absolute Gasteiger partial charge is 0.250 e. The molecular formula is C70H130O13Si5. The molecule has 8 aliphatic heterocycles. The highest BCUT2D eigenvalue weighted by molar-refractivity contribution is 6.76. The molecule has 0 amide bonds. The number of allylic oxidation sites excluding steroid dienone is 1. The van der Waals surface area contributed by atoms with Gasteiger partial charge in [-0.15, -0.1) is 0 Å². The molecule has 0 aromatic heterocycles. The van der Waals surface area contributed by atoms with Crippen LogP contribution in [0.1, 0.15) is 194 Å². The maximum absolute atomic E-state index is 15.4. The number of hydrogen-bond acceptors (Lipinski definition) is 13. The topological polar surface area (TPSA) is 136 Å². The second kappa shape index (κ2) is 28.4. The van der Waals surface area contributed by atoms with Gasteiger partial charge >= 0.3 is 0 Å². The zero-order valence-electron chi connectivity index (χ0n) is 60.9. The Labute approximate surface area is 542 Å². The van der Waals surface area contributed by atoms with Crippen LogP contribution in [0.15, 0.2) is 36.1 Å².